The highest BCUT2D eigenvalue weighted by Crippen LogP contribution is 2.50. The molecule has 4 unspecified atom stereocenters. The van der Waals surface area contributed by atoms with Crippen molar-refractivity contribution in [2.24, 2.45) is 5.92 Å². The number of carboxylic acid groups (broad SMARTS) is 1. The van der Waals surface area contributed by atoms with E-state index in [2.05, 4.69) is 16.4 Å². The molecular weight excluding hydrogens is 480 g/mol. The van der Waals surface area contributed by atoms with E-state index in [-0.39, 0.29) is 42.1 Å². The van der Waals surface area contributed by atoms with E-state index in [1.807, 2.05) is 42.5 Å². The second kappa shape index (κ2) is 10.8. The molecule has 2 saturated heterocycles. The van der Waals surface area contributed by atoms with Crippen molar-refractivity contribution in [3.63, 3.8) is 0 Å². The first kappa shape index (κ1) is 24.5. The molecule has 3 aromatic rings. The summed E-state index contributed by atoms with van der Waals surface area (Å²) in [6.45, 7) is 0.482. The topological polar surface area (TPSA) is 102 Å². The second-order valence-electron chi connectivity index (χ2n) is 9.55. The number of carbonyl (C=O) groups is 2. The molecular formula is C28H29ClN2O5. The lowest BCUT2D eigenvalue weighted by molar-refractivity contribution is -0.136. The minimum atomic E-state index is -0.801. The summed E-state index contributed by atoms with van der Waals surface area (Å²) >= 11 is 5.93. The van der Waals surface area contributed by atoms with Crippen LogP contribution in [0.3, 0.4) is 0 Å². The Labute approximate surface area is 214 Å². The number of hydrogen-bond donors (Lipinski definition) is 2. The maximum absolute atomic E-state index is 12.7. The van der Waals surface area contributed by atoms with Gasteiger partial charge in [-0.15, -0.1) is 0 Å². The Morgan fingerprint density at radius 3 is 2.56 bits per heavy atom. The zero-order valence-electron chi connectivity index (χ0n) is 19.9. The lowest BCUT2D eigenvalue weighted by Gasteiger charge is -2.26. The number of aromatic nitrogens is 1. The van der Waals surface area contributed by atoms with Crippen LogP contribution in [-0.2, 0) is 28.8 Å². The van der Waals surface area contributed by atoms with Crippen molar-refractivity contribution in [1.82, 2.24) is 10.3 Å². The molecule has 2 fully saturated rings. The number of fused-ring (bicyclic) bond motifs is 2. The van der Waals surface area contributed by atoms with Gasteiger partial charge in [0.15, 0.2) is 5.69 Å². The average Bonchev–Trinajstić information content (AvgIpc) is 3.61. The Morgan fingerprint density at radius 1 is 1.03 bits per heavy atom. The fourth-order valence-corrected chi connectivity index (χ4v) is 5.60. The SMILES string of the molecule is O=C(O)CCc1ccccc1CC1C2CCC(O2)C1c1nc(C(=O)NCCc2ccc(Cl)cc2)co1. The third kappa shape index (κ3) is 5.47. The van der Waals surface area contributed by atoms with E-state index in [1.54, 1.807) is 0 Å². The molecule has 3 heterocycles. The van der Waals surface area contributed by atoms with Gasteiger partial charge in [-0.1, -0.05) is 48.0 Å². The number of hydrogen-bond acceptors (Lipinski definition) is 5. The molecule has 2 aromatic carbocycles. The van der Waals surface area contributed by atoms with Crippen molar-refractivity contribution in [3.05, 3.63) is 88.1 Å². The van der Waals surface area contributed by atoms with Crippen molar-refractivity contribution in [2.45, 2.75) is 56.7 Å². The number of carbonyl (C=O) groups excluding carboxylic acids is 1. The molecule has 7 nitrogen and oxygen atoms in total. The van der Waals surface area contributed by atoms with Gasteiger partial charge in [0.25, 0.3) is 5.91 Å². The van der Waals surface area contributed by atoms with E-state index < -0.39 is 5.97 Å². The minimum Gasteiger partial charge on any atom is -0.481 e. The van der Waals surface area contributed by atoms with Crippen molar-refractivity contribution in [2.75, 3.05) is 6.54 Å². The van der Waals surface area contributed by atoms with Crippen LogP contribution >= 0.6 is 11.6 Å². The van der Waals surface area contributed by atoms with Crippen molar-refractivity contribution in [3.8, 4) is 0 Å². The minimum absolute atomic E-state index is 0.0191. The van der Waals surface area contributed by atoms with Crippen LogP contribution in [0, 0.1) is 5.92 Å². The second-order valence-corrected chi connectivity index (χ2v) is 9.99. The summed E-state index contributed by atoms with van der Waals surface area (Å²) in [5.74, 6) is -0.401. The van der Waals surface area contributed by atoms with E-state index in [9.17, 15) is 9.59 Å². The van der Waals surface area contributed by atoms with E-state index in [0.717, 1.165) is 36.0 Å². The van der Waals surface area contributed by atoms with Gasteiger partial charge < -0.3 is 19.6 Å². The smallest absolute Gasteiger partial charge is 0.303 e. The predicted octanol–water partition coefficient (Wildman–Crippen LogP) is 4.82. The highest BCUT2D eigenvalue weighted by Gasteiger charge is 2.51. The van der Waals surface area contributed by atoms with Crippen LogP contribution in [0.1, 0.15) is 58.2 Å². The Bertz CT molecular complexity index is 1220. The zero-order valence-corrected chi connectivity index (χ0v) is 20.6. The van der Waals surface area contributed by atoms with Crippen LogP contribution in [0.2, 0.25) is 5.02 Å². The quantitative estimate of drug-likeness (QED) is 0.407. The molecule has 2 aliphatic rings. The molecule has 8 heteroatoms. The first-order valence-electron chi connectivity index (χ1n) is 12.4. The van der Waals surface area contributed by atoms with Crippen molar-refractivity contribution in [1.29, 1.82) is 0 Å². The number of oxazole rings is 1. The van der Waals surface area contributed by atoms with Crippen LogP contribution < -0.4 is 5.32 Å². The number of aryl methyl sites for hydroxylation is 1. The van der Waals surface area contributed by atoms with Gasteiger partial charge in [-0.05, 0) is 60.9 Å². The summed E-state index contributed by atoms with van der Waals surface area (Å²) in [5.41, 5.74) is 3.54. The normalized spacial score (nSPS) is 22.6. The van der Waals surface area contributed by atoms with E-state index >= 15 is 0 Å². The maximum Gasteiger partial charge on any atom is 0.303 e. The zero-order chi connectivity index (χ0) is 25.1. The van der Waals surface area contributed by atoms with Gasteiger partial charge in [0, 0.05) is 23.9 Å². The van der Waals surface area contributed by atoms with Crippen LogP contribution in [0.15, 0.2) is 59.2 Å². The van der Waals surface area contributed by atoms with E-state index in [0.29, 0.717) is 30.3 Å². The number of nitrogens with one attached hydrogen (secondary N) is 1. The summed E-state index contributed by atoms with van der Waals surface area (Å²) in [6.07, 6.45) is 5.53. The average molecular weight is 509 g/mol. The number of rotatable bonds is 10. The summed E-state index contributed by atoms with van der Waals surface area (Å²) in [6, 6.07) is 15.5. The lowest BCUT2D eigenvalue weighted by atomic mass is 9.75. The molecule has 1 amide bonds. The van der Waals surface area contributed by atoms with Crippen LogP contribution in [0.5, 0.6) is 0 Å². The summed E-state index contributed by atoms with van der Waals surface area (Å²) in [5, 5.41) is 12.7. The van der Waals surface area contributed by atoms with Crippen molar-refractivity contribution >= 4 is 23.5 Å². The predicted molar refractivity (Wildman–Crippen MR) is 134 cm³/mol. The fourth-order valence-electron chi connectivity index (χ4n) is 5.48. The molecule has 0 spiro atoms. The van der Waals surface area contributed by atoms with Gasteiger partial charge in [0.1, 0.15) is 6.26 Å². The Morgan fingerprint density at radius 2 is 1.78 bits per heavy atom. The van der Waals surface area contributed by atoms with Gasteiger partial charge in [0.05, 0.1) is 18.1 Å². The lowest BCUT2D eigenvalue weighted by Crippen LogP contribution is -2.28. The van der Waals surface area contributed by atoms with Crippen LogP contribution in [0.4, 0.5) is 0 Å². The van der Waals surface area contributed by atoms with Gasteiger partial charge in [-0.25, -0.2) is 4.98 Å². The highest BCUT2D eigenvalue weighted by atomic mass is 35.5. The highest BCUT2D eigenvalue weighted by molar-refractivity contribution is 6.30. The monoisotopic (exact) mass is 508 g/mol. The number of halogens is 1. The first-order chi connectivity index (χ1) is 17.5. The van der Waals surface area contributed by atoms with Gasteiger partial charge >= 0.3 is 5.97 Å². The van der Waals surface area contributed by atoms with E-state index in [4.69, 9.17) is 25.9 Å². The number of carboxylic acids is 1. The fraction of sp³-hybridized carbons (Fsp3) is 0.393. The van der Waals surface area contributed by atoms with Gasteiger partial charge in [-0.2, -0.15) is 0 Å². The summed E-state index contributed by atoms with van der Waals surface area (Å²) < 4.78 is 12.1. The number of amides is 1. The maximum atomic E-state index is 12.7. The van der Waals surface area contributed by atoms with Gasteiger partial charge in [0.2, 0.25) is 5.89 Å². The van der Waals surface area contributed by atoms with Gasteiger partial charge in [-0.3, -0.25) is 9.59 Å². The molecule has 188 valence electrons. The van der Waals surface area contributed by atoms with Crippen molar-refractivity contribution < 1.29 is 23.8 Å². The summed E-state index contributed by atoms with van der Waals surface area (Å²) in [7, 11) is 0. The largest absolute Gasteiger partial charge is 0.481 e. The standard InChI is InChI=1S/C28H29ClN2O5/c29-20-8-5-17(6-9-20)13-14-30-27(34)22-16-35-28(31-22)26-21(23-10-11-24(26)36-23)15-19-4-2-1-3-18(19)7-12-25(32)33/h1-6,8-9,16,21,23-24,26H,7,10-15H2,(H,30,34)(H,32,33). The Hall–Kier alpha value is -3.16. The molecule has 2 aliphatic heterocycles. The summed E-state index contributed by atoms with van der Waals surface area (Å²) in [4.78, 5) is 28.4. The van der Waals surface area contributed by atoms with Crippen LogP contribution in [-0.4, -0.2) is 40.7 Å². The van der Waals surface area contributed by atoms with Crippen LogP contribution in [0.25, 0.3) is 0 Å². The first-order valence-corrected chi connectivity index (χ1v) is 12.8. The number of aliphatic carboxylic acids is 1. The molecule has 0 aliphatic carbocycles. The molecule has 2 N–H and O–H groups in total. The molecule has 0 radical (unpaired) electrons. The molecule has 0 saturated carbocycles. The third-order valence-electron chi connectivity index (χ3n) is 7.26. The van der Waals surface area contributed by atoms with E-state index in [1.165, 1.54) is 6.26 Å². The molecule has 1 aromatic heterocycles. The molecule has 5 rings (SSSR count). The number of nitrogens with zero attached hydrogens (tertiary/aromatic N) is 1. The molecule has 4 atom stereocenters. The number of ether oxygens (including phenoxy) is 1. The Kier molecular flexibility index (Phi) is 7.39. The molecule has 36 heavy (non-hydrogen) atoms. The molecule has 2 bridgehead atoms. The Balaban J connectivity index is 1.25. The third-order valence-corrected chi connectivity index (χ3v) is 7.51. The number of benzene rings is 2.